The maximum absolute atomic E-state index is 6.17. The van der Waals surface area contributed by atoms with Gasteiger partial charge in [-0.15, -0.1) is 0 Å². The van der Waals surface area contributed by atoms with E-state index in [1.807, 2.05) is 6.20 Å². The third kappa shape index (κ3) is 3.57. The van der Waals surface area contributed by atoms with Crippen molar-refractivity contribution in [2.75, 3.05) is 31.1 Å². The Bertz CT molecular complexity index is 958. The van der Waals surface area contributed by atoms with E-state index in [2.05, 4.69) is 63.7 Å². The van der Waals surface area contributed by atoms with Crippen molar-refractivity contribution in [2.45, 2.75) is 25.8 Å². The lowest BCUT2D eigenvalue weighted by molar-refractivity contribution is 0.222. The molecule has 0 bridgehead atoms. The second-order valence-electron chi connectivity index (χ2n) is 7.95. The van der Waals surface area contributed by atoms with E-state index in [1.165, 1.54) is 35.0 Å². The summed E-state index contributed by atoms with van der Waals surface area (Å²) in [6, 6.07) is 17.2. The number of nitrogens with zero attached hydrogens (tertiary/aromatic N) is 2. The molecule has 4 heteroatoms. The van der Waals surface area contributed by atoms with Crippen molar-refractivity contribution in [3.8, 4) is 5.75 Å². The first-order valence-corrected chi connectivity index (χ1v) is 10.4. The van der Waals surface area contributed by atoms with Crippen molar-refractivity contribution in [1.82, 2.24) is 10.3 Å². The zero-order chi connectivity index (χ0) is 18.8. The summed E-state index contributed by atoms with van der Waals surface area (Å²) in [6.45, 7) is 5.02. The molecule has 1 fully saturated rings. The van der Waals surface area contributed by atoms with Gasteiger partial charge in [0.15, 0.2) is 0 Å². The summed E-state index contributed by atoms with van der Waals surface area (Å²) in [5.74, 6) is 1.64. The summed E-state index contributed by atoms with van der Waals surface area (Å²) in [4.78, 5) is 7.00. The Balaban J connectivity index is 1.19. The molecule has 0 aliphatic carbocycles. The fraction of sp³-hybridized carbons (Fsp3) is 0.375. The van der Waals surface area contributed by atoms with Crippen molar-refractivity contribution in [1.29, 1.82) is 0 Å². The van der Waals surface area contributed by atoms with Gasteiger partial charge in [-0.3, -0.25) is 4.98 Å². The molecule has 144 valence electrons. The molecule has 28 heavy (non-hydrogen) atoms. The minimum Gasteiger partial charge on any atom is -0.493 e. The molecule has 2 aliphatic heterocycles. The van der Waals surface area contributed by atoms with Crippen LogP contribution in [0.15, 0.2) is 54.7 Å². The predicted molar refractivity (Wildman–Crippen MR) is 114 cm³/mol. The molecule has 1 aromatic heterocycles. The summed E-state index contributed by atoms with van der Waals surface area (Å²) in [6.07, 6.45) is 5.39. The van der Waals surface area contributed by atoms with Gasteiger partial charge in [-0.05, 0) is 67.1 Å². The van der Waals surface area contributed by atoms with E-state index in [4.69, 9.17) is 4.74 Å². The lowest BCUT2D eigenvalue weighted by Gasteiger charge is -2.34. The average molecular weight is 374 g/mol. The molecule has 3 heterocycles. The average Bonchev–Trinajstić information content (AvgIpc) is 2.77. The van der Waals surface area contributed by atoms with Crippen LogP contribution in [0.4, 0.5) is 5.69 Å². The maximum atomic E-state index is 6.17. The highest BCUT2D eigenvalue weighted by Gasteiger charge is 2.21. The molecule has 0 amide bonds. The van der Waals surface area contributed by atoms with Crippen LogP contribution in [-0.4, -0.2) is 31.2 Å². The van der Waals surface area contributed by atoms with Crippen LogP contribution < -0.4 is 15.0 Å². The van der Waals surface area contributed by atoms with E-state index in [0.717, 1.165) is 50.5 Å². The number of benzene rings is 2. The van der Waals surface area contributed by atoms with E-state index in [9.17, 15) is 0 Å². The number of fused-ring (bicyclic) bond motifs is 2. The fourth-order valence-corrected chi connectivity index (χ4v) is 4.46. The third-order valence-corrected chi connectivity index (χ3v) is 6.13. The van der Waals surface area contributed by atoms with Gasteiger partial charge in [0.05, 0.1) is 12.1 Å². The first kappa shape index (κ1) is 17.5. The topological polar surface area (TPSA) is 37.4 Å². The first-order chi connectivity index (χ1) is 13.9. The van der Waals surface area contributed by atoms with Gasteiger partial charge in [0.1, 0.15) is 5.75 Å². The summed E-state index contributed by atoms with van der Waals surface area (Å²) < 4.78 is 6.17. The number of anilines is 1. The van der Waals surface area contributed by atoms with Gasteiger partial charge in [0.2, 0.25) is 0 Å². The van der Waals surface area contributed by atoms with Crippen molar-refractivity contribution in [3.05, 3.63) is 65.9 Å². The number of ether oxygens (including phenoxy) is 1. The molecule has 1 saturated heterocycles. The molecule has 5 rings (SSSR count). The van der Waals surface area contributed by atoms with E-state index in [0.29, 0.717) is 5.92 Å². The van der Waals surface area contributed by atoms with Crippen molar-refractivity contribution < 1.29 is 4.74 Å². The van der Waals surface area contributed by atoms with E-state index in [1.54, 1.807) is 0 Å². The van der Waals surface area contributed by atoms with Gasteiger partial charge >= 0.3 is 0 Å². The SMILES string of the molecule is c1ccc2c(N3CCC(COc4ccc5c(c4)CNCC5)CC3)ccnc2c1. The Hall–Kier alpha value is -2.59. The first-order valence-electron chi connectivity index (χ1n) is 10.4. The van der Waals surface area contributed by atoms with Crippen LogP contribution in [0.2, 0.25) is 0 Å². The van der Waals surface area contributed by atoms with Crippen LogP contribution in [0.1, 0.15) is 24.0 Å². The molecule has 0 spiro atoms. The van der Waals surface area contributed by atoms with Crippen LogP contribution in [-0.2, 0) is 13.0 Å². The van der Waals surface area contributed by atoms with Crippen LogP contribution >= 0.6 is 0 Å². The second-order valence-corrected chi connectivity index (χ2v) is 7.95. The molecular formula is C24H27N3O. The molecule has 0 saturated carbocycles. The monoisotopic (exact) mass is 373 g/mol. The zero-order valence-corrected chi connectivity index (χ0v) is 16.2. The van der Waals surface area contributed by atoms with Gasteiger partial charge < -0.3 is 15.0 Å². The summed E-state index contributed by atoms with van der Waals surface area (Å²) in [5.41, 5.74) is 5.24. The number of rotatable bonds is 4. The maximum Gasteiger partial charge on any atom is 0.119 e. The number of aromatic nitrogens is 1. The smallest absolute Gasteiger partial charge is 0.119 e. The minimum atomic E-state index is 0.624. The number of nitrogens with one attached hydrogen (secondary N) is 1. The molecule has 0 radical (unpaired) electrons. The summed E-state index contributed by atoms with van der Waals surface area (Å²) >= 11 is 0. The van der Waals surface area contributed by atoms with Crippen molar-refractivity contribution in [2.24, 2.45) is 5.92 Å². The molecule has 4 nitrogen and oxygen atoms in total. The van der Waals surface area contributed by atoms with Crippen molar-refractivity contribution in [3.63, 3.8) is 0 Å². The lowest BCUT2D eigenvalue weighted by atomic mass is 9.97. The van der Waals surface area contributed by atoms with Gasteiger partial charge in [-0.1, -0.05) is 24.3 Å². The molecular weight excluding hydrogens is 346 g/mol. The predicted octanol–water partition coefficient (Wildman–Crippen LogP) is 4.18. The van der Waals surface area contributed by atoms with Crippen LogP contribution in [0, 0.1) is 5.92 Å². The quantitative estimate of drug-likeness (QED) is 0.745. The zero-order valence-electron chi connectivity index (χ0n) is 16.2. The van der Waals surface area contributed by atoms with Crippen LogP contribution in [0.25, 0.3) is 10.9 Å². The van der Waals surface area contributed by atoms with Crippen LogP contribution in [0.3, 0.4) is 0 Å². The van der Waals surface area contributed by atoms with Gasteiger partial charge in [-0.25, -0.2) is 0 Å². The fourth-order valence-electron chi connectivity index (χ4n) is 4.46. The van der Waals surface area contributed by atoms with Crippen LogP contribution in [0.5, 0.6) is 5.75 Å². The molecule has 3 aromatic rings. The molecule has 2 aliphatic rings. The third-order valence-electron chi connectivity index (χ3n) is 6.13. The Morgan fingerprint density at radius 1 is 1.04 bits per heavy atom. The Morgan fingerprint density at radius 2 is 1.93 bits per heavy atom. The number of para-hydroxylation sites is 1. The van der Waals surface area contributed by atoms with Gasteiger partial charge in [0, 0.05) is 36.9 Å². The second kappa shape index (κ2) is 7.80. The highest BCUT2D eigenvalue weighted by atomic mass is 16.5. The van der Waals surface area contributed by atoms with E-state index < -0.39 is 0 Å². The number of pyridine rings is 1. The summed E-state index contributed by atoms with van der Waals surface area (Å²) in [5, 5.41) is 4.69. The Kier molecular flexibility index (Phi) is 4.88. The molecule has 0 atom stereocenters. The number of hydrogen-bond acceptors (Lipinski definition) is 4. The van der Waals surface area contributed by atoms with Gasteiger partial charge in [0.25, 0.3) is 0 Å². The lowest BCUT2D eigenvalue weighted by Crippen LogP contribution is -2.35. The highest BCUT2D eigenvalue weighted by molar-refractivity contribution is 5.91. The van der Waals surface area contributed by atoms with Crippen molar-refractivity contribution >= 4 is 16.6 Å². The highest BCUT2D eigenvalue weighted by Crippen LogP contribution is 2.29. The molecule has 2 aromatic carbocycles. The number of piperidine rings is 1. The van der Waals surface area contributed by atoms with Gasteiger partial charge in [-0.2, -0.15) is 0 Å². The standard InChI is InChI=1S/C24H27N3O/c1-2-4-23-22(3-1)24(8-12-26-23)27-13-9-18(10-14-27)17-28-21-6-5-19-7-11-25-16-20(19)15-21/h1-6,8,12,15,18,25H,7,9-11,13-14,16-17H2. The normalized spacial score (nSPS) is 17.5. The number of hydrogen-bond donors (Lipinski definition) is 1. The minimum absolute atomic E-state index is 0.624. The largest absolute Gasteiger partial charge is 0.493 e. The molecule has 1 N–H and O–H groups in total. The molecule has 0 unspecified atom stereocenters. The Morgan fingerprint density at radius 3 is 2.86 bits per heavy atom. The Labute approximate surface area is 166 Å². The van der Waals surface area contributed by atoms with E-state index >= 15 is 0 Å². The van der Waals surface area contributed by atoms with E-state index in [-0.39, 0.29) is 0 Å². The summed E-state index contributed by atoms with van der Waals surface area (Å²) in [7, 11) is 0.